The molecular formula is C48H98N2+2. The average molecular weight is 703 g/mol. The number of nitrogens with zero attached hydrogens (tertiary/aromatic N) is 2. The topological polar surface area (TPSA) is 0 Å². The first-order valence-corrected chi connectivity index (χ1v) is 22.9. The summed E-state index contributed by atoms with van der Waals surface area (Å²) in [4.78, 5) is 0. The lowest BCUT2D eigenvalue weighted by atomic mass is 9.62. The van der Waals surface area contributed by atoms with Crippen LogP contribution in [0.4, 0.5) is 0 Å². The maximum absolute atomic E-state index is 2.54. The quantitative estimate of drug-likeness (QED) is 0.0656. The van der Waals surface area contributed by atoms with Crippen molar-refractivity contribution in [3.63, 3.8) is 0 Å². The van der Waals surface area contributed by atoms with E-state index >= 15 is 0 Å². The standard InChI is InChI=1S/C48H98N2/c1-39(29-31-45-43(5)27-21-33-47(45,7)8)23-19-25-41(3)37-49(11,12)35-17-15-16-18-36-50(13,14)38-42(4)26-20-24-40(2)30-32-46-44(6)28-22-34-48(46,9)10/h39-46H,15-38H2,1-14H3/q+2. The molecule has 2 aliphatic rings. The molecule has 0 N–H and O–H groups in total. The molecule has 0 saturated heterocycles. The Morgan fingerprint density at radius 1 is 0.480 bits per heavy atom. The van der Waals surface area contributed by atoms with Gasteiger partial charge in [0.25, 0.3) is 0 Å². The Morgan fingerprint density at radius 3 is 1.16 bits per heavy atom. The van der Waals surface area contributed by atoms with Crippen molar-refractivity contribution >= 4 is 0 Å². The van der Waals surface area contributed by atoms with Crippen LogP contribution < -0.4 is 0 Å². The predicted molar refractivity (Wildman–Crippen MR) is 226 cm³/mol. The summed E-state index contributed by atoms with van der Waals surface area (Å²) in [5, 5.41) is 0. The number of quaternary nitrogens is 2. The zero-order valence-electron chi connectivity index (χ0n) is 37.5. The third-order valence-electron chi connectivity index (χ3n) is 15.0. The number of unbranched alkanes of at least 4 members (excludes halogenated alkanes) is 3. The molecule has 298 valence electrons. The molecule has 2 aliphatic carbocycles. The highest BCUT2D eigenvalue weighted by Crippen LogP contribution is 2.47. The van der Waals surface area contributed by atoms with E-state index in [9.17, 15) is 0 Å². The second-order valence-electron chi connectivity index (χ2n) is 22.5. The largest absolute Gasteiger partial charge is 0.328 e. The highest BCUT2D eigenvalue weighted by molar-refractivity contribution is 4.87. The Labute approximate surface area is 318 Å². The Morgan fingerprint density at radius 2 is 0.820 bits per heavy atom. The molecule has 2 fully saturated rings. The second-order valence-corrected chi connectivity index (χ2v) is 22.5. The lowest BCUT2D eigenvalue weighted by Crippen LogP contribution is -2.44. The minimum absolute atomic E-state index is 0.563. The van der Waals surface area contributed by atoms with E-state index in [1.807, 2.05) is 0 Å². The van der Waals surface area contributed by atoms with Gasteiger partial charge in [0.15, 0.2) is 0 Å². The van der Waals surface area contributed by atoms with Crippen LogP contribution in [0, 0.1) is 58.2 Å². The van der Waals surface area contributed by atoms with Gasteiger partial charge in [0.2, 0.25) is 0 Å². The third-order valence-corrected chi connectivity index (χ3v) is 15.0. The molecule has 0 spiro atoms. The van der Waals surface area contributed by atoms with E-state index in [-0.39, 0.29) is 0 Å². The van der Waals surface area contributed by atoms with E-state index in [4.69, 9.17) is 0 Å². The molecule has 2 nitrogen and oxygen atoms in total. The number of rotatable bonds is 25. The van der Waals surface area contributed by atoms with E-state index in [0.717, 1.165) is 47.3 Å². The van der Waals surface area contributed by atoms with Crippen molar-refractivity contribution < 1.29 is 8.97 Å². The van der Waals surface area contributed by atoms with Gasteiger partial charge in [0, 0.05) is 11.8 Å². The fourth-order valence-electron chi connectivity index (χ4n) is 11.8. The highest BCUT2D eigenvalue weighted by Gasteiger charge is 2.37. The maximum Gasteiger partial charge on any atom is 0.0808 e. The van der Waals surface area contributed by atoms with Crippen molar-refractivity contribution in [1.82, 2.24) is 0 Å². The van der Waals surface area contributed by atoms with Crippen LogP contribution in [0.5, 0.6) is 0 Å². The van der Waals surface area contributed by atoms with Crippen LogP contribution in [0.2, 0.25) is 0 Å². The van der Waals surface area contributed by atoms with Gasteiger partial charge in [0.05, 0.1) is 54.4 Å². The van der Waals surface area contributed by atoms with Crippen LogP contribution >= 0.6 is 0 Å². The monoisotopic (exact) mass is 703 g/mol. The molecule has 2 rings (SSSR count). The zero-order chi connectivity index (χ0) is 37.6. The van der Waals surface area contributed by atoms with Gasteiger partial charge in [-0.15, -0.1) is 0 Å². The molecule has 8 atom stereocenters. The van der Waals surface area contributed by atoms with E-state index in [1.165, 1.54) is 164 Å². The van der Waals surface area contributed by atoms with Gasteiger partial charge in [-0.2, -0.15) is 0 Å². The molecule has 0 aromatic heterocycles. The molecule has 2 heteroatoms. The van der Waals surface area contributed by atoms with Gasteiger partial charge < -0.3 is 8.97 Å². The fraction of sp³-hybridized carbons (Fsp3) is 1.00. The van der Waals surface area contributed by atoms with Gasteiger partial charge in [0.1, 0.15) is 0 Å². The SMILES string of the molecule is CC(CCCC(C)C[N+](C)(C)CCCCCC[N+](C)(C)CC(C)CCCC(C)CCC1C(C)CCCC1(C)C)CCC1C(C)CCCC1(C)C. The molecule has 8 unspecified atom stereocenters. The number of hydrogen-bond donors (Lipinski definition) is 0. The first kappa shape index (κ1) is 46.1. The lowest BCUT2D eigenvalue weighted by molar-refractivity contribution is -0.894. The van der Waals surface area contributed by atoms with Gasteiger partial charge >= 0.3 is 0 Å². The first-order chi connectivity index (χ1) is 23.2. The third kappa shape index (κ3) is 17.8. The van der Waals surface area contributed by atoms with Crippen LogP contribution in [0.1, 0.15) is 198 Å². The van der Waals surface area contributed by atoms with Crippen LogP contribution in [0.25, 0.3) is 0 Å². The minimum atomic E-state index is 0.563. The smallest absolute Gasteiger partial charge is 0.0808 e. The molecule has 50 heavy (non-hydrogen) atoms. The molecular weight excluding hydrogens is 605 g/mol. The minimum Gasteiger partial charge on any atom is -0.328 e. The van der Waals surface area contributed by atoms with Crippen molar-refractivity contribution in [3.8, 4) is 0 Å². The van der Waals surface area contributed by atoms with Gasteiger partial charge in [-0.1, -0.05) is 133 Å². The van der Waals surface area contributed by atoms with Crippen LogP contribution in [-0.4, -0.2) is 63.3 Å². The van der Waals surface area contributed by atoms with Crippen LogP contribution in [0.15, 0.2) is 0 Å². The average Bonchev–Trinajstić information content (AvgIpc) is 2.97. The lowest BCUT2D eigenvalue weighted by Gasteiger charge is -2.43. The molecule has 0 heterocycles. The molecule has 0 aliphatic heterocycles. The zero-order valence-corrected chi connectivity index (χ0v) is 37.5. The molecule has 2 saturated carbocycles. The van der Waals surface area contributed by atoms with Gasteiger partial charge in [-0.3, -0.25) is 0 Å². The first-order valence-electron chi connectivity index (χ1n) is 22.9. The molecule has 0 aromatic rings. The Kier molecular flexibility index (Phi) is 20.0. The number of hydrogen-bond acceptors (Lipinski definition) is 0. The van der Waals surface area contributed by atoms with Crippen molar-refractivity contribution in [2.45, 2.75) is 198 Å². The maximum atomic E-state index is 2.54. The van der Waals surface area contributed by atoms with Crippen LogP contribution in [0.3, 0.4) is 0 Å². The van der Waals surface area contributed by atoms with Gasteiger partial charge in [-0.05, 0) is 111 Å². The van der Waals surface area contributed by atoms with E-state index < -0.39 is 0 Å². The van der Waals surface area contributed by atoms with Crippen molar-refractivity contribution in [3.05, 3.63) is 0 Å². The summed E-state index contributed by atoms with van der Waals surface area (Å²) >= 11 is 0. The van der Waals surface area contributed by atoms with Crippen molar-refractivity contribution in [1.29, 1.82) is 0 Å². The van der Waals surface area contributed by atoms with E-state index in [1.54, 1.807) is 0 Å². The predicted octanol–water partition coefficient (Wildman–Crippen LogP) is 14.1. The van der Waals surface area contributed by atoms with Crippen molar-refractivity contribution in [2.24, 2.45) is 58.2 Å². The summed E-state index contributed by atoms with van der Waals surface area (Å²) in [6.07, 6.45) is 28.7. The highest BCUT2D eigenvalue weighted by atomic mass is 15.3. The van der Waals surface area contributed by atoms with E-state index in [2.05, 4.69) is 97.4 Å². The second kappa shape index (κ2) is 21.7. The summed E-state index contributed by atoms with van der Waals surface area (Å²) in [5.74, 6) is 7.22. The summed E-state index contributed by atoms with van der Waals surface area (Å²) in [7, 11) is 9.97. The van der Waals surface area contributed by atoms with Crippen LogP contribution in [-0.2, 0) is 0 Å². The Hall–Kier alpha value is -0.0800. The Bertz CT molecular complexity index is 813. The summed E-state index contributed by atoms with van der Waals surface area (Å²) in [6, 6.07) is 0. The summed E-state index contributed by atoms with van der Waals surface area (Å²) in [5.41, 5.74) is 1.13. The Balaban J connectivity index is 1.51. The molecule has 0 aromatic carbocycles. The molecule has 0 radical (unpaired) electrons. The fourth-order valence-corrected chi connectivity index (χ4v) is 11.8. The van der Waals surface area contributed by atoms with Crippen molar-refractivity contribution in [2.75, 3.05) is 54.4 Å². The summed E-state index contributed by atoms with van der Waals surface area (Å²) < 4.78 is 2.42. The normalized spacial score (nSPS) is 26.8. The van der Waals surface area contributed by atoms with E-state index in [0.29, 0.717) is 10.8 Å². The summed E-state index contributed by atoms with van der Waals surface area (Å²) in [6.45, 7) is 30.8. The molecule has 0 bridgehead atoms. The van der Waals surface area contributed by atoms with Gasteiger partial charge in [-0.25, -0.2) is 0 Å². The molecule has 0 amide bonds.